The Bertz CT molecular complexity index is 658. The first-order valence-corrected chi connectivity index (χ1v) is 8.90. The van der Waals surface area contributed by atoms with E-state index >= 15 is 0 Å². The van der Waals surface area contributed by atoms with Gasteiger partial charge in [-0.2, -0.15) is 0 Å². The van der Waals surface area contributed by atoms with Crippen molar-refractivity contribution in [2.45, 2.75) is 30.2 Å². The van der Waals surface area contributed by atoms with Crippen molar-refractivity contribution >= 4 is 10.0 Å². The molecule has 0 aliphatic carbocycles. The van der Waals surface area contributed by atoms with Crippen LogP contribution in [0.25, 0.3) is 0 Å². The van der Waals surface area contributed by atoms with E-state index in [1.54, 1.807) is 7.11 Å². The Balaban J connectivity index is 2.21. The van der Waals surface area contributed by atoms with E-state index in [-0.39, 0.29) is 22.8 Å². The van der Waals surface area contributed by atoms with Crippen LogP contribution in [-0.4, -0.2) is 47.9 Å². The summed E-state index contributed by atoms with van der Waals surface area (Å²) in [6.45, 7) is 2.84. The normalized spacial score (nSPS) is 21.6. The van der Waals surface area contributed by atoms with Crippen LogP contribution in [0.2, 0.25) is 0 Å². The van der Waals surface area contributed by atoms with Crippen molar-refractivity contribution in [1.29, 1.82) is 0 Å². The first-order valence-electron chi connectivity index (χ1n) is 7.42. The van der Waals surface area contributed by atoms with E-state index in [1.165, 1.54) is 26.2 Å². The molecule has 0 saturated carbocycles. The van der Waals surface area contributed by atoms with Crippen LogP contribution < -0.4 is 14.8 Å². The molecule has 1 aromatic carbocycles. The molecule has 6 nitrogen and oxygen atoms in total. The van der Waals surface area contributed by atoms with Gasteiger partial charge < -0.3 is 14.8 Å². The summed E-state index contributed by atoms with van der Waals surface area (Å²) in [5, 5.41) is 3.29. The zero-order valence-corrected chi connectivity index (χ0v) is 14.4. The Hall–Kier alpha value is -1.22. The number of rotatable bonds is 7. The zero-order valence-electron chi connectivity index (χ0n) is 13.6. The average molecular weight is 346 g/mol. The van der Waals surface area contributed by atoms with Crippen molar-refractivity contribution in [3.8, 4) is 5.75 Å². The molecule has 8 heteroatoms. The van der Waals surface area contributed by atoms with Crippen molar-refractivity contribution in [3.63, 3.8) is 0 Å². The van der Waals surface area contributed by atoms with E-state index in [0.717, 1.165) is 19.4 Å². The second-order valence-electron chi connectivity index (χ2n) is 5.77. The molecule has 1 aliphatic heterocycles. The number of benzene rings is 1. The number of ether oxygens (including phenoxy) is 2. The predicted molar refractivity (Wildman–Crippen MR) is 84.7 cm³/mol. The van der Waals surface area contributed by atoms with Gasteiger partial charge in [0.25, 0.3) is 0 Å². The van der Waals surface area contributed by atoms with Crippen molar-refractivity contribution < 1.29 is 22.3 Å². The lowest BCUT2D eigenvalue weighted by Gasteiger charge is -2.29. The summed E-state index contributed by atoms with van der Waals surface area (Å²) in [6, 6.07) is 2.67. The van der Waals surface area contributed by atoms with Crippen molar-refractivity contribution in [2.24, 2.45) is 0 Å². The largest absolute Gasteiger partial charge is 0.494 e. The summed E-state index contributed by atoms with van der Waals surface area (Å²) in [5.41, 5.74) is -0.377. The lowest BCUT2D eigenvalue weighted by atomic mass is 9.99. The SMILES string of the molecule is COCC1(CNS(=O)(=O)c2ccc(OC)c(F)c2C)CCCN1. The summed E-state index contributed by atoms with van der Waals surface area (Å²) in [4.78, 5) is -0.0821. The van der Waals surface area contributed by atoms with Crippen LogP contribution in [0.1, 0.15) is 18.4 Å². The fourth-order valence-corrected chi connectivity index (χ4v) is 4.23. The monoisotopic (exact) mass is 346 g/mol. The Morgan fingerprint density at radius 3 is 2.70 bits per heavy atom. The first-order chi connectivity index (χ1) is 10.9. The van der Waals surface area contributed by atoms with Gasteiger partial charge in [0.15, 0.2) is 11.6 Å². The predicted octanol–water partition coefficient (Wildman–Crippen LogP) is 1.19. The molecule has 0 aromatic heterocycles. The van der Waals surface area contributed by atoms with Crippen LogP contribution in [0.3, 0.4) is 0 Å². The van der Waals surface area contributed by atoms with Gasteiger partial charge in [0.05, 0.1) is 24.2 Å². The fourth-order valence-electron chi connectivity index (χ4n) is 2.87. The Labute approximate surface area is 136 Å². The second kappa shape index (κ2) is 7.12. The summed E-state index contributed by atoms with van der Waals surface area (Å²) in [7, 11) is -0.903. The summed E-state index contributed by atoms with van der Waals surface area (Å²) >= 11 is 0. The van der Waals surface area contributed by atoms with E-state index in [1.807, 2.05) is 0 Å². The van der Waals surface area contributed by atoms with E-state index in [0.29, 0.717) is 6.61 Å². The van der Waals surface area contributed by atoms with E-state index in [2.05, 4.69) is 10.0 Å². The fraction of sp³-hybridized carbons (Fsp3) is 0.600. The third-order valence-electron chi connectivity index (χ3n) is 4.16. The van der Waals surface area contributed by atoms with Gasteiger partial charge in [-0.1, -0.05) is 0 Å². The van der Waals surface area contributed by atoms with Crippen LogP contribution >= 0.6 is 0 Å². The van der Waals surface area contributed by atoms with Gasteiger partial charge in [0, 0.05) is 19.2 Å². The molecule has 2 rings (SSSR count). The van der Waals surface area contributed by atoms with Crippen LogP contribution in [-0.2, 0) is 14.8 Å². The lowest BCUT2D eigenvalue weighted by Crippen LogP contribution is -2.52. The molecular weight excluding hydrogens is 323 g/mol. The molecule has 0 spiro atoms. The van der Waals surface area contributed by atoms with Gasteiger partial charge >= 0.3 is 0 Å². The smallest absolute Gasteiger partial charge is 0.241 e. The molecule has 1 atom stereocenters. The molecule has 1 saturated heterocycles. The summed E-state index contributed by atoms with van der Waals surface area (Å²) in [6.07, 6.45) is 1.78. The molecular formula is C15H23FN2O4S. The first kappa shape index (κ1) is 18.1. The highest BCUT2D eigenvalue weighted by Crippen LogP contribution is 2.26. The molecule has 0 amide bonds. The highest BCUT2D eigenvalue weighted by molar-refractivity contribution is 7.89. The van der Waals surface area contributed by atoms with Gasteiger partial charge in [-0.3, -0.25) is 0 Å². The van der Waals surface area contributed by atoms with Gasteiger partial charge in [-0.25, -0.2) is 17.5 Å². The molecule has 0 bridgehead atoms. The van der Waals surface area contributed by atoms with Gasteiger partial charge in [0.1, 0.15) is 0 Å². The maximum atomic E-state index is 14.1. The minimum absolute atomic E-state index is 0.0229. The molecule has 1 aliphatic rings. The van der Waals surface area contributed by atoms with Crippen molar-refractivity contribution in [3.05, 3.63) is 23.5 Å². The Morgan fingerprint density at radius 1 is 1.39 bits per heavy atom. The average Bonchev–Trinajstić information content (AvgIpc) is 2.97. The van der Waals surface area contributed by atoms with E-state index in [9.17, 15) is 12.8 Å². The van der Waals surface area contributed by atoms with Crippen LogP contribution in [0, 0.1) is 12.7 Å². The van der Waals surface area contributed by atoms with Gasteiger partial charge in [-0.15, -0.1) is 0 Å². The van der Waals surface area contributed by atoms with Gasteiger partial charge in [0.2, 0.25) is 10.0 Å². The molecule has 130 valence electrons. The third-order valence-corrected chi connectivity index (χ3v) is 5.71. The quantitative estimate of drug-likeness (QED) is 0.776. The number of sulfonamides is 1. The van der Waals surface area contributed by atoms with Gasteiger partial charge in [-0.05, 0) is 38.4 Å². The third kappa shape index (κ3) is 3.82. The maximum absolute atomic E-state index is 14.1. The number of nitrogens with one attached hydrogen (secondary N) is 2. The number of halogens is 1. The highest BCUT2D eigenvalue weighted by Gasteiger charge is 2.35. The summed E-state index contributed by atoms with van der Waals surface area (Å²) in [5.74, 6) is -0.643. The highest BCUT2D eigenvalue weighted by atomic mass is 32.2. The summed E-state index contributed by atoms with van der Waals surface area (Å²) < 4.78 is 51.8. The molecule has 2 N–H and O–H groups in total. The van der Waals surface area contributed by atoms with Crippen LogP contribution in [0.4, 0.5) is 4.39 Å². The number of hydrogen-bond donors (Lipinski definition) is 2. The van der Waals surface area contributed by atoms with Crippen LogP contribution in [0.15, 0.2) is 17.0 Å². The lowest BCUT2D eigenvalue weighted by molar-refractivity contribution is 0.122. The number of hydrogen-bond acceptors (Lipinski definition) is 5. The Kier molecular flexibility index (Phi) is 5.61. The van der Waals surface area contributed by atoms with Crippen molar-refractivity contribution in [2.75, 3.05) is 33.9 Å². The maximum Gasteiger partial charge on any atom is 0.241 e. The molecule has 1 fully saturated rings. The number of methoxy groups -OCH3 is 2. The molecule has 1 aromatic rings. The topological polar surface area (TPSA) is 76.7 Å². The molecule has 0 radical (unpaired) electrons. The van der Waals surface area contributed by atoms with Crippen LogP contribution in [0.5, 0.6) is 5.75 Å². The minimum Gasteiger partial charge on any atom is -0.494 e. The standard InChI is InChI=1S/C15H23FN2O4S/c1-11-13(6-5-12(22-3)14(11)16)23(19,20)18-9-15(10-21-2)7-4-8-17-15/h5-6,17-18H,4,7-10H2,1-3H3. The molecule has 23 heavy (non-hydrogen) atoms. The Morgan fingerprint density at radius 2 is 2.13 bits per heavy atom. The second-order valence-corrected chi connectivity index (χ2v) is 7.51. The molecule has 1 unspecified atom stereocenters. The minimum atomic E-state index is -3.82. The zero-order chi connectivity index (χ0) is 17.1. The molecule has 1 heterocycles. The van der Waals surface area contributed by atoms with E-state index in [4.69, 9.17) is 9.47 Å². The van der Waals surface area contributed by atoms with Crippen molar-refractivity contribution in [1.82, 2.24) is 10.0 Å². The van der Waals surface area contributed by atoms with E-state index < -0.39 is 21.4 Å².